The molecule has 1 saturated carbocycles. The number of aromatic nitrogens is 1. The largest absolute Gasteiger partial charge is 0.369 e. The average molecular weight is 348 g/mol. The average Bonchev–Trinajstić information content (AvgIpc) is 2.49. The number of nitrogens with one attached hydrogen (secondary N) is 2. The van der Waals surface area contributed by atoms with E-state index in [0.29, 0.717) is 21.9 Å². The van der Waals surface area contributed by atoms with E-state index in [-0.39, 0.29) is 0 Å². The van der Waals surface area contributed by atoms with Gasteiger partial charge in [0.1, 0.15) is 11.6 Å². The quantitative estimate of drug-likeness (QED) is 0.732. The van der Waals surface area contributed by atoms with Gasteiger partial charge in [0.15, 0.2) is 0 Å². The highest BCUT2D eigenvalue weighted by atomic mass is 35.5. The van der Waals surface area contributed by atoms with Crippen molar-refractivity contribution in [2.24, 2.45) is 0 Å². The van der Waals surface area contributed by atoms with E-state index in [1.165, 1.54) is 25.7 Å². The number of thioether (sulfide) groups is 1. The Morgan fingerprint density at radius 2 is 2.05 bits per heavy atom. The molecule has 0 radical (unpaired) electrons. The molecule has 2 atom stereocenters. The lowest BCUT2D eigenvalue weighted by Crippen LogP contribution is -2.29. The lowest BCUT2D eigenvalue weighted by Gasteiger charge is -2.29. The number of halogens is 2. The Morgan fingerprint density at radius 3 is 2.76 bits per heavy atom. The Bertz CT molecular complexity index is 470. The Balaban J connectivity index is 2.07. The summed E-state index contributed by atoms with van der Waals surface area (Å²) in [6, 6.07) is 2.21. The predicted octanol–water partition coefficient (Wildman–Crippen LogP) is 5.30. The minimum Gasteiger partial charge on any atom is -0.369 e. The zero-order valence-electron chi connectivity index (χ0n) is 12.6. The summed E-state index contributed by atoms with van der Waals surface area (Å²) in [5, 5.41) is 8.64. The van der Waals surface area contributed by atoms with E-state index >= 15 is 0 Å². The van der Waals surface area contributed by atoms with Gasteiger partial charge >= 0.3 is 0 Å². The summed E-state index contributed by atoms with van der Waals surface area (Å²) in [4.78, 5) is 4.56. The van der Waals surface area contributed by atoms with Gasteiger partial charge in [0.25, 0.3) is 0 Å². The van der Waals surface area contributed by atoms with Crippen molar-refractivity contribution in [3.8, 4) is 0 Å². The fourth-order valence-corrected chi connectivity index (χ4v) is 3.93. The van der Waals surface area contributed by atoms with Crippen LogP contribution in [-0.4, -0.2) is 29.1 Å². The number of hydrogen-bond donors (Lipinski definition) is 2. The summed E-state index contributed by atoms with van der Waals surface area (Å²) >= 11 is 14.4. The van der Waals surface area contributed by atoms with Crippen LogP contribution in [0.3, 0.4) is 0 Å². The van der Waals surface area contributed by atoms with Gasteiger partial charge in [0, 0.05) is 17.8 Å². The molecule has 0 aliphatic heterocycles. The van der Waals surface area contributed by atoms with Gasteiger partial charge in [-0.15, -0.1) is 0 Å². The van der Waals surface area contributed by atoms with Crippen molar-refractivity contribution in [2.75, 3.05) is 23.4 Å². The molecule has 1 aliphatic carbocycles. The van der Waals surface area contributed by atoms with Gasteiger partial charge in [-0.05, 0) is 38.0 Å². The van der Waals surface area contributed by atoms with Crippen LogP contribution < -0.4 is 10.6 Å². The second-order valence-electron chi connectivity index (χ2n) is 5.44. The molecule has 0 spiro atoms. The van der Waals surface area contributed by atoms with Gasteiger partial charge in [-0.25, -0.2) is 4.98 Å². The first-order valence-corrected chi connectivity index (χ1v) is 9.57. The molecule has 0 amide bonds. The summed E-state index contributed by atoms with van der Waals surface area (Å²) < 4.78 is 0. The lowest BCUT2D eigenvalue weighted by molar-refractivity contribution is 0.473. The van der Waals surface area contributed by atoms with Crippen molar-refractivity contribution in [2.45, 2.75) is 50.3 Å². The molecule has 0 saturated heterocycles. The maximum absolute atomic E-state index is 6.28. The molecular weight excluding hydrogens is 325 g/mol. The molecule has 1 aromatic heterocycles. The van der Waals surface area contributed by atoms with Crippen molar-refractivity contribution >= 4 is 46.6 Å². The number of pyridine rings is 1. The highest BCUT2D eigenvalue weighted by molar-refractivity contribution is 7.99. The minimum atomic E-state index is 0.446. The zero-order valence-corrected chi connectivity index (χ0v) is 14.9. The lowest BCUT2D eigenvalue weighted by atomic mass is 9.95. The zero-order chi connectivity index (χ0) is 15.2. The summed E-state index contributed by atoms with van der Waals surface area (Å²) in [7, 11) is 0. The van der Waals surface area contributed by atoms with Gasteiger partial charge in [-0.2, -0.15) is 11.8 Å². The van der Waals surface area contributed by atoms with Crippen LogP contribution in [0, 0.1) is 0 Å². The fraction of sp³-hybridized carbons (Fsp3) is 0.667. The van der Waals surface area contributed by atoms with Crippen LogP contribution in [0.5, 0.6) is 0 Å². The van der Waals surface area contributed by atoms with Crippen LogP contribution in [0.2, 0.25) is 10.0 Å². The number of rotatable bonds is 6. The minimum absolute atomic E-state index is 0.446. The van der Waals surface area contributed by atoms with Crippen molar-refractivity contribution in [1.82, 2.24) is 4.98 Å². The molecule has 1 heterocycles. The topological polar surface area (TPSA) is 37.0 Å². The molecule has 1 fully saturated rings. The SMILES string of the molecule is CCCNc1nc(NC2CCCC(SC)C2)c(Cl)cc1Cl. The fourth-order valence-electron chi connectivity index (χ4n) is 2.62. The molecule has 3 nitrogen and oxygen atoms in total. The molecule has 1 aromatic rings. The standard InChI is InChI=1S/C15H23Cl2N3S/c1-3-7-18-14-12(16)9-13(17)15(20-14)19-10-5-4-6-11(8-10)21-2/h9-11H,3-8H2,1-2H3,(H2,18,19,20). The van der Waals surface area contributed by atoms with Crippen LogP contribution in [0.25, 0.3) is 0 Å². The Kier molecular flexibility index (Phi) is 6.77. The van der Waals surface area contributed by atoms with Gasteiger partial charge in [-0.1, -0.05) is 36.5 Å². The van der Waals surface area contributed by atoms with E-state index < -0.39 is 0 Å². The molecule has 118 valence electrons. The third kappa shape index (κ3) is 4.83. The summed E-state index contributed by atoms with van der Waals surface area (Å²) in [6.45, 7) is 2.96. The van der Waals surface area contributed by atoms with Crippen LogP contribution >= 0.6 is 35.0 Å². The van der Waals surface area contributed by atoms with Crippen LogP contribution in [0.4, 0.5) is 11.6 Å². The van der Waals surface area contributed by atoms with E-state index in [1.807, 2.05) is 11.8 Å². The van der Waals surface area contributed by atoms with Gasteiger partial charge in [-0.3, -0.25) is 0 Å². The normalized spacial score (nSPS) is 22.1. The molecule has 0 aromatic carbocycles. The molecule has 2 rings (SSSR count). The summed E-state index contributed by atoms with van der Waals surface area (Å²) in [6.07, 6.45) is 8.13. The predicted molar refractivity (Wildman–Crippen MR) is 96.2 cm³/mol. The first kappa shape index (κ1) is 17.0. The van der Waals surface area contributed by atoms with E-state index in [9.17, 15) is 0 Å². The van der Waals surface area contributed by atoms with Crippen molar-refractivity contribution in [3.05, 3.63) is 16.1 Å². The smallest absolute Gasteiger partial charge is 0.147 e. The third-order valence-corrected chi connectivity index (χ3v) is 5.44. The first-order chi connectivity index (χ1) is 10.1. The number of anilines is 2. The molecule has 1 aliphatic rings. The van der Waals surface area contributed by atoms with Gasteiger partial charge in [0.2, 0.25) is 0 Å². The van der Waals surface area contributed by atoms with Crippen molar-refractivity contribution < 1.29 is 0 Å². The maximum atomic E-state index is 6.28. The summed E-state index contributed by atoms with van der Waals surface area (Å²) in [5.41, 5.74) is 0. The molecule has 21 heavy (non-hydrogen) atoms. The van der Waals surface area contributed by atoms with Crippen molar-refractivity contribution in [3.63, 3.8) is 0 Å². The number of hydrogen-bond acceptors (Lipinski definition) is 4. The molecule has 2 N–H and O–H groups in total. The molecular formula is C15H23Cl2N3S. The Labute approximate surface area is 141 Å². The highest BCUT2D eigenvalue weighted by Gasteiger charge is 2.22. The Morgan fingerprint density at radius 1 is 1.29 bits per heavy atom. The second kappa shape index (κ2) is 8.35. The monoisotopic (exact) mass is 347 g/mol. The number of nitrogens with zero attached hydrogens (tertiary/aromatic N) is 1. The van der Waals surface area contributed by atoms with Gasteiger partial charge in [0.05, 0.1) is 10.0 Å². The van der Waals surface area contributed by atoms with Crippen LogP contribution in [-0.2, 0) is 0 Å². The van der Waals surface area contributed by atoms with Crippen molar-refractivity contribution in [1.29, 1.82) is 0 Å². The van der Waals surface area contributed by atoms with E-state index in [0.717, 1.165) is 24.0 Å². The first-order valence-electron chi connectivity index (χ1n) is 7.53. The Hall–Kier alpha value is -0.320. The van der Waals surface area contributed by atoms with Crippen LogP contribution in [0.1, 0.15) is 39.0 Å². The third-order valence-electron chi connectivity index (χ3n) is 3.77. The molecule has 0 bridgehead atoms. The maximum Gasteiger partial charge on any atom is 0.147 e. The van der Waals surface area contributed by atoms with Crippen LogP contribution in [0.15, 0.2) is 6.07 Å². The molecule has 6 heteroatoms. The van der Waals surface area contributed by atoms with Gasteiger partial charge < -0.3 is 10.6 Å². The van der Waals surface area contributed by atoms with E-state index in [4.69, 9.17) is 23.2 Å². The van der Waals surface area contributed by atoms with E-state index in [2.05, 4.69) is 28.8 Å². The highest BCUT2D eigenvalue weighted by Crippen LogP contribution is 2.33. The molecule has 2 unspecified atom stereocenters. The second-order valence-corrected chi connectivity index (χ2v) is 7.39. The summed E-state index contributed by atoms with van der Waals surface area (Å²) in [5.74, 6) is 1.45. The van der Waals surface area contributed by atoms with E-state index in [1.54, 1.807) is 6.07 Å².